The zero-order valence-corrected chi connectivity index (χ0v) is 26.0. The van der Waals surface area contributed by atoms with E-state index in [1.54, 1.807) is 0 Å². The van der Waals surface area contributed by atoms with Crippen LogP contribution in [0.4, 0.5) is 0 Å². The summed E-state index contributed by atoms with van der Waals surface area (Å²) < 4.78 is 1.44. The molecule has 29 heavy (non-hydrogen) atoms. The van der Waals surface area contributed by atoms with E-state index in [1.165, 1.54) is 15.5 Å². The van der Waals surface area contributed by atoms with Gasteiger partial charge in [-0.3, -0.25) is 0 Å². The van der Waals surface area contributed by atoms with Crippen molar-refractivity contribution in [3.05, 3.63) is 90.0 Å². The minimum absolute atomic E-state index is 0.323. The van der Waals surface area contributed by atoms with Crippen LogP contribution in [-0.2, 0) is 26.8 Å². The van der Waals surface area contributed by atoms with Gasteiger partial charge in [0.05, 0.1) is 0 Å². The summed E-state index contributed by atoms with van der Waals surface area (Å²) in [5.74, 6) is 2.28. The molecule has 0 atom stereocenters. The standard InChI is InChI=1S/2C9H13.C7H8Ge.2ClH.Hf/c2*1-9(2,3)8-6-4-5-7-8;1-8-7-5-3-2-4-6-7;;;/h2*4-7H,1-3H3;2-6H,1H3;2*1H;/q2*-1;;;;+2/p-2. The third-order valence-electron chi connectivity index (χ3n) is 4.55. The zero-order valence-electron chi connectivity index (χ0n) is 18.8. The van der Waals surface area contributed by atoms with Crippen LogP contribution in [0.15, 0.2) is 78.9 Å². The van der Waals surface area contributed by atoms with Crippen LogP contribution >= 0.6 is 17.2 Å². The third-order valence-corrected chi connectivity index (χ3v) is 48.3. The van der Waals surface area contributed by atoms with Gasteiger partial charge in [0, 0.05) is 0 Å². The molecule has 0 amide bonds. The van der Waals surface area contributed by atoms with Gasteiger partial charge in [0.1, 0.15) is 0 Å². The van der Waals surface area contributed by atoms with Gasteiger partial charge in [-0.05, 0) is 0 Å². The van der Waals surface area contributed by atoms with Crippen molar-refractivity contribution in [2.45, 2.75) is 58.1 Å². The second kappa shape index (κ2) is 12.7. The predicted molar refractivity (Wildman–Crippen MR) is 131 cm³/mol. The van der Waals surface area contributed by atoms with Gasteiger partial charge in [-0.25, -0.2) is 12.1 Å². The summed E-state index contributed by atoms with van der Waals surface area (Å²) in [5, 5.41) is 0. The number of rotatable bonds is 1. The third kappa shape index (κ3) is 10.7. The van der Waals surface area contributed by atoms with E-state index in [-0.39, 0.29) is 0 Å². The van der Waals surface area contributed by atoms with Crippen molar-refractivity contribution >= 4 is 31.6 Å². The molecule has 0 nitrogen and oxygen atoms in total. The zero-order chi connectivity index (χ0) is 22.1. The van der Waals surface area contributed by atoms with E-state index < -0.39 is 26.0 Å². The van der Waals surface area contributed by atoms with Crippen LogP contribution in [0.5, 0.6) is 0 Å². The van der Waals surface area contributed by atoms with Crippen LogP contribution in [0.25, 0.3) is 0 Å². The Morgan fingerprint density at radius 1 is 0.724 bits per heavy atom. The molecule has 0 aromatic heterocycles. The Labute approximate surface area is 194 Å². The topological polar surface area (TPSA) is 0 Å². The van der Waals surface area contributed by atoms with E-state index in [9.17, 15) is 0 Å². The first-order valence-corrected chi connectivity index (χ1v) is 32.4. The molecule has 0 saturated carbocycles. The Balaban J connectivity index is 0.000000219. The normalized spacial score (nSPS) is 10.9. The van der Waals surface area contributed by atoms with E-state index in [4.69, 9.17) is 17.2 Å². The average molecular weight is 657 g/mol. The van der Waals surface area contributed by atoms with Gasteiger partial charge in [-0.1, -0.05) is 52.4 Å². The Bertz CT molecular complexity index is 786. The monoisotopic (exact) mass is 658 g/mol. The van der Waals surface area contributed by atoms with Gasteiger partial charge in [0.2, 0.25) is 0 Å². The molecule has 0 heterocycles. The fourth-order valence-electron chi connectivity index (χ4n) is 2.55. The molecule has 0 spiro atoms. The second-order valence-electron chi connectivity index (χ2n) is 9.10. The second-order valence-corrected chi connectivity index (χ2v) is 56.0. The maximum atomic E-state index is 6.02. The summed E-state index contributed by atoms with van der Waals surface area (Å²) in [4.78, 5) is 0. The van der Waals surface area contributed by atoms with Crippen molar-refractivity contribution in [2.75, 3.05) is 0 Å². The molecule has 3 rings (SSSR count). The summed E-state index contributed by atoms with van der Waals surface area (Å²) >= 11 is -2.03. The van der Waals surface area contributed by atoms with E-state index in [0.29, 0.717) is 10.8 Å². The van der Waals surface area contributed by atoms with Gasteiger partial charge in [-0.15, -0.1) is 0 Å². The molecule has 0 N–H and O–H groups in total. The fourth-order valence-corrected chi connectivity index (χ4v) is 20.9. The molecular formula is C25H34Cl2GeHf-2. The number of hydrogen-bond donors (Lipinski definition) is 0. The van der Waals surface area contributed by atoms with Crippen molar-refractivity contribution in [1.82, 2.24) is 0 Å². The van der Waals surface area contributed by atoms with Crippen LogP contribution in [-0.4, -0.2) is 10.1 Å². The molecule has 0 unspecified atom stereocenters. The molecule has 0 bridgehead atoms. The first kappa shape index (κ1) is 26.9. The van der Waals surface area contributed by atoms with Crippen molar-refractivity contribution in [1.29, 1.82) is 0 Å². The maximum absolute atomic E-state index is 6.02. The molecule has 0 radical (unpaired) electrons. The molecule has 4 heteroatoms. The number of halogens is 2. The average Bonchev–Trinajstić information content (AvgIpc) is 3.35. The molecule has 0 saturated heterocycles. The molecule has 158 valence electrons. The molecule has 3 aromatic rings. The summed E-state index contributed by atoms with van der Waals surface area (Å²) in [5.41, 5.74) is 3.48. The van der Waals surface area contributed by atoms with Crippen LogP contribution < -0.4 is 4.40 Å². The Hall–Kier alpha value is -0.0870. The van der Waals surface area contributed by atoms with Crippen molar-refractivity contribution < 1.29 is 16.0 Å². The SMILES string of the molecule is CC(C)(C)c1cc[cH-]c1.CC(C)(C)c1cc[cH-]c1.[CH3][Ge]([c]1ccccc1)=[Hf]([Cl])[Cl]. The minimum atomic E-state index is -2.03. The van der Waals surface area contributed by atoms with Crippen molar-refractivity contribution in [3.63, 3.8) is 0 Å². The van der Waals surface area contributed by atoms with Crippen LogP contribution in [0.3, 0.4) is 0 Å². The molecule has 3 aromatic carbocycles. The van der Waals surface area contributed by atoms with Crippen LogP contribution in [0.1, 0.15) is 52.7 Å². The molecule has 0 fully saturated rings. The number of benzene rings is 1. The van der Waals surface area contributed by atoms with Gasteiger partial charge in [0.15, 0.2) is 0 Å². The first-order valence-electron chi connectivity index (χ1n) is 9.94. The van der Waals surface area contributed by atoms with E-state index in [1.807, 2.05) is 6.07 Å². The molecule has 0 aliphatic carbocycles. The van der Waals surface area contributed by atoms with Crippen molar-refractivity contribution in [3.8, 4) is 0 Å². The van der Waals surface area contributed by atoms with E-state index in [2.05, 4.69) is 120 Å². The number of hydrogen-bond acceptors (Lipinski definition) is 0. The van der Waals surface area contributed by atoms with Gasteiger partial charge < -0.3 is 0 Å². The molecule has 0 aliphatic rings. The summed E-state index contributed by atoms with van der Waals surface area (Å²) in [6.07, 6.45) is 0. The van der Waals surface area contributed by atoms with Gasteiger partial charge >= 0.3 is 83.7 Å². The van der Waals surface area contributed by atoms with E-state index >= 15 is 0 Å². The molecule has 0 aliphatic heterocycles. The quantitative estimate of drug-likeness (QED) is 0.185. The van der Waals surface area contributed by atoms with Crippen LogP contribution in [0.2, 0.25) is 5.76 Å². The Kier molecular flexibility index (Phi) is 11.8. The fraction of sp³-hybridized carbons (Fsp3) is 0.360. The summed E-state index contributed by atoms with van der Waals surface area (Å²) in [7, 11) is 10.9. The van der Waals surface area contributed by atoms with Crippen molar-refractivity contribution in [2.24, 2.45) is 0 Å². The van der Waals surface area contributed by atoms with Gasteiger partial charge in [0.25, 0.3) is 0 Å². The van der Waals surface area contributed by atoms with E-state index in [0.717, 1.165) is 0 Å². The summed E-state index contributed by atoms with van der Waals surface area (Å²) in [6, 6.07) is 27.5. The predicted octanol–water partition coefficient (Wildman–Crippen LogP) is 7.85. The first-order chi connectivity index (χ1) is 13.4. The van der Waals surface area contributed by atoms with Gasteiger partial charge in [-0.2, -0.15) is 47.5 Å². The Morgan fingerprint density at radius 3 is 1.38 bits per heavy atom. The molecular weight excluding hydrogens is 622 g/mol. The summed E-state index contributed by atoms with van der Waals surface area (Å²) in [6.45, 7) is 13.3. The Morgan fingerprint density at radius 2 is 1.14 bits per heavy atom. The van der Waals surface area contributed by atoms with Crippen LogP contribution in [0, 0.1) is 0 Å².